The predicted octanol–water partition coefficient (Wildman–Crippen LogP) is 5.46. The second kappa shape index (κ2) is 10.6. The number of hydrogen-bond donors (Lipinski definition) is 1. The van der Waals surface area contributed by atoms with Crippen LogP contribution in [0.3, 0.4) is 0 Å². The van der Waals surface area contributed by atoms with E-state index in [9.17, 15) is 9.90 Å². The molecule has 0 radical (unpaired) electrons. The number of carbonyl (C=O) groups is 1. The molecule has 4 rings (SSSR count). The molecule has 1 fully saturated rings. The fourth-order valence-corrected chi connectivity index (χ4v) is 7.18. The third kappa shape index (κ3) is 5.53. The van der Waals surface area contributed by atoms with Crippen molar-refractivity contribution in [1.29, 1.82) is 0 Å². The standard InChI is InChI=1S/C26H32ClN3O3S/c1-5-34(22-9-7-21(8-10-22)33-17(2)3)29-14-18(4)19(15-29)16-30-25-11-6-20(27)12-23(25)24(28-30)13-26(31)32/h5-9,11-12,16-19,22H,10,13-15H2,1-4H3/p+1/b30-16+/t18-,19?,22?,34?/m1/s1. The van der Waals surface area contributed by atoms with Crippen LogP contribution >= 0.6 is 22.3 Å². The molecule has 34 heavy (non-hydrogen) atoms. The van der Waals surface area contributed by atoms with E-state index < -0.39 is 5.97 Å². The van der Waals surface area contributed by atoms with Crippen molar-refractivity contribution in [3.05, 3.63) is 52.8 Å². The first-order chi connectivity index (χ1) is 16.2. The van der Waals surface area contributed by atoms with Gasteiger partial charge >= 0.3 is 5.97 Å². The van der Waals surface area contributed by atoms with E-state index in [0.717, 1.165) is 36.5 Å². The van der Waals surface area contributed by atoms with Crippen LogP contribution in [0.5, 0.6) is 0 Å². The lowest BCUT2D eigenvalue weighted by Gasteiger charge is -2.28. The Kier molecular flexibility index (Phi) is 7.75. The maximum atomic E-state index is 11.4. The van der Waals surface area contributed by atoms with Crippen LogP contribution in [-0.2, 0) is 9.53 Å². The van der Waals surface area contributed by atoms with E-state index in [1.54, 1.807) is 6.07 Å². The lowest BCUT2D eigenvalue weighted by molar-refractivity contribution is -0.438. The number of benzene rings is 1. The first kappa shape index (κ1) is 24.9. The van der Waals surface area contributed by atoms with Crippen LogP contribution < -0.4 is 0 Å². The molecule has 3 unspecified atom stereocenters. The Hall–Kier alpha value is -2.22. The van der Waals surface area contributed by atoms with E-state index in [4.69, 9.17) is 16.3 Å². The third-order valence-electron chi connectivity index (χ3n) is 6.28. The summed E-state index contributed by atoms with van der Waals surface area (Å²) in [5, 5.41) is 17.3. The second-order valence-corrected chi connectivity index (χ2v) is 12.0. The molecular formula is C26H33ClN3O3S+. The molecule has 0 spiro atoms. The van der Waals surface area contributed by atoms with Gasteiger partial charge in [0.25, 0.3) is 0 Å². The molecule has 182 valence electrons. The highest BCUT2D eigenvalue weighted by molar-refractivity contribution is 8.13. The predicted molar refractivity (Wildman–Crippen MR) is 142 cm³/mol. The van der Waals surface area contributed by atoms with Crippen molar-refractivity contribution in [2.75, 3.05) is 13.1 Å². The van der Waals surface area contributed by atoms with Gasteiger partial charge in [-0.05, 0) is 62.8 Å². The van der Waals surface area contributed by atoms with Gasteiger partial charge in [0, 0.05) is 34.5 Å². The highest BCUT2D eigenvalue weighted by Gasteiger charge is 2.37. The molecule has 3 aliphatic rings. The van der Waals surface area contributed by atoms with Gasteiger partial charge in [0.05, 0.1) is 24.0 Å². The molecule has 8 heteroatoms. The highest BCUT2D eigenvalue weighted by atomic mass is 35.5. The molecule has 0 aromatic heterocycles. The summed E-state index contributed by atoms with van der Waals surface area (Å²) < 4.78 is 10.3. The first-order valence-electron chi connectivity index (χ1n) is 11.8. The van der Waals surface area contributed by atoms with Crippen LogP contribution in [0.1, 0.15) is 46.1 Å². The Balaban J connectivity index is 1.51. The number of carboxylic acid groups (broad SMARTS) is 1. The SMILES string of the molecule is C/C=S(\C1C=CC(OC(C)C)=CC1)N1CC(/C=[N+]2/N=C(CC(=O)O)c3cc(Cl)ccc32)[C@H](C)C1. The number of rotatable bonds is 7. The first-order valence-corrected chi connectivity index (χ1v) is 13.5. The normalized spacial score (nSPS) is 26.6. The monoisotopic (exact) mass is 502 g/mol. The Bertz CT molecular complexity index is 1120. The molecule has 0 saturated carbocycles. The largest absolute Gasteiger partial charge is 0.491 e. The minimum absolute atomic E-state index is 0.0235. The van der Waals surface area contributed by atoms with Gasteiger partial charge in [-0.3, -0.25) is 9.10 Å². The molecular weight excluding hydrogens is 470 g/mol. The summed E-state index contributed by atoms with van der Waals surface area (Å²) in [6.07, 6.45) is 9.83. The van der Waals surface area contributed by atoms with Crippen molar-refractivity contribution < 1.29 is 19.3 Å². The van der Waals surface area contributed by atoms with Crippen LogP contribution in [0.25, 0.3) is 0 Å². The molecule has 1 saturated heterocycles. The van der Waals surface area contributed by atoms with Gasteiger partial charge in [0.2, 0.25) is 5.69 Å². The van der Waals surface area contributed by atoms with Gasteiger partial charge in [-0.2, -0.15) is 0 Å². The summed E-state index contributed by atoms with van der Waals surface area (Å²) in [4.78, 5) is 11.4. The van der Waals surface area contributed by atoms with Crippen LogP contribution in [0.4, 0.5) is 5.69 Å². The molecule has 6 nitrogen and oxygen atoms in total. The van der Waals surface area contributed by atoms with Crippen LogP contribution in [0, 0.1) is 11.8 Å². The zero-order valence-corrected chi connectivity index (χ0v) is 21.7. The average Bonchev–Trinajstić information content (AvgIpc) is 3.29. The minimum atomic E-state index is -0.897. The number of hydrogen-bond acceptors (Lipinski definition) is 4. The summed E-state index contributed by atoms with van der Waals surface area (Å²) in [6.45, 7) is 10.5. The summed E-state index contributed by atoms with van der Waals surface area (Å²) in [7, 11) is 0.0235. The van der Waals surface area contributed by atoms with Crippen molar-refractivity contribution in [3.63, 3.8) is 0 Å². The van der Waals surface area contributed by atoms with Crippen molar-refractivity contribution >= 4 is 51.2 Å². The fraction of sp³-hybridized carbons (Fsp3) is 0.462. The van der Waals surface area contributed by atoms with Gasteiger partial charge in [0.15, 0.2) is 6.21 Å². The topological polar surface area (TPSA) is 65.1 Å². The van der Waals surface area contributed by atoms with E-state index in [1.165, 1.54) is 0 Å². The van der Waals surface area contributed by atoms with Gasteiger partial charge < -0.3 is 9.84 Å². The molecule has 0 amide bonds. The molecule has 2 heterocycles. The molecule has 1 aromatic rings. The fourth-order valence-electron chi connectivity index (χ4n) is 4.69. The zero-order valence-electron chi connectivity index (χ0n) is 20.1. The Morgan fingerprint density at radius 3 is 2.85 bits per heavy atom. The number of fused-ring (bicyclic) bond motifs is 1. The average molecular weight is 503 g/mol. The Morgan fingerprint density at radius 1 is 1.41 bits per heavy atom. The summed E-state index contributed by atoms with van der Waals surface area (Å²) in [5.74, 6) is 0.849. The Morgan fingerprint density at radius 2 is 2.21 bits per heavy atom. The van der Waals surface area contributed by atoms with Crippen molar-refractivity contribution in [2.24, 2.45) is 16.9 Å². The maximum Gasteiger partial charge on any atom is 0.309 e. The van der Waals surface area contributed by atoms with Crippen molar-refractivity contribution in [3.8, 4) is 0 Å². The summed E-state index contributed by atoms with van der Waals surface area (Å²) >= 11 is 6.19. The summed E-state index contributed by atoms with van der Waals surface area (Å²) in [6, 6.07) is 5.55. The quantitative estimate of drug-likeness (QED) is 0.397. The van der Waals surface area contributed by atoms with Gasteiger partial charge in [-0.1, -0.05) is 29.3 Å². The van der Waals surface area contributed by atoms with E-state index in [-0.39, 0.29) is 23.2 Å². The molecule has 0 bridgehead atoms. The maximum absolute atomic E-state index is 11.4. The van der Waals surface area contributed by atoms with E-state index >= 15 is 0 Å². The van der Waals surface area contributed by atoms with Crippen molar-refractivity contribution in [2.45, 2.75) is 51.9 Å². The number of aliphatic carboxylic acids is 1. The lowest BCUT2D eigenvalue weighted by Crippen LogP contribution is -2.22. The highest BCUT2D eigenvalue weighted by Crippen LogP contribution is 2.38. The second-order valence-electron chi connectivity index (χ2n) is 9.25. The molecule has 4 atom stereocenters. The van der Waals surface area contributed by atoms with Crippen LogP contribution in [-0.4, -0.2) is 61.8 Å². The Labute approximate surface area is 209 Å². The van der Waals surface area contributed by atoms with E-state index in [1.807, 2.05) is 16.8 Å². The smallest absolute Gasteiger partial charge is 0.309 e. The number of nitrogens with zero attached hydrogens (tertiary/aromatic N) is 3. The van der Waals surface area contributed by atoms with Crippen molar-refractivity contribution in [1.82, 2.24) is 4.31 Å². The van der Waals surface area contributed by atoms with Gasteiger partial charge in [-0.25, -0.2) is 0 Å². The number of allylic oxidation sites excluding steroid dienone is 2. The number of hydrazone groups is 1. The number of carboxylic acids is 1. The molecule has 1 N–H and O–H groups in total. The number of ether oxygens (including phenoxy) is 1. The van der Waals surface area contributed by atoms with E-state index in [2.05, 4.69) is 66.9 Å². The summed E-state index contributed by atoms with van der Waals surface area (Å²) in [5.41, 5.74) is 2.24. The molecule has 2 aliphatic heterocycles. The number of halogens is 1. The minimum Gasteiger partial charge on any atom is -0.491 e. The molecule has 1 aromatic carbocycles. The van der Waals surface area contributed by atoms with Crippen LogP contribution in [0.2, 0.25) is 5.02 Å². The van der Waals surface area contributed by atoms with Gasteiger partial charge in [0.1, 0.15) is 11.5 Å². The lowest BCUT2D eigenvalue weighted by atomic mass is 9.99. The van der Waals surface area contributed by atoms with Gasteiger partial charge in [-0.15, -0.1) is 10.7 Å². The van der Waals surface area contributed by atoms with Crippen LogP contribution in [0.15, 0.2) is 47.3 Å². The molecule has 1 aliphatic carbocycles. The zero-order chi connectivity index (χ0) is 24.4. The third-order valence-corrected chi connectivity index (χ3v) is 8.86. The van der Waals surface area contributed by atoms with E-state index in [0.29, 0.717) is 27.8 Å².